The number of nitrogens with zero attached hydrogens (tertiary/aromatic N) is 1. The molecule has 0 aliphatic carbocycles. The molecule has 2 rings (SSSR count). The zero-order valence-corrected chi connectivity index (χ0v) is 21.6. The highest BCUT2D eigenvalue weighted by atomic mass is 35.5. The first-order chi connectivity index (χ1) is 16.3. The van der Waals surface area contributed by atoms with Gasteiger partial charge in [-0.05, 0) is 58.9 Å². The smallest absolute Gasteiger partial charge is 0.353 e. The van der Waals surface area contributed by atoms with Crippen LogP contribution in [0.3, 0.4) is 0 Å². The molecule has 0 heterocycles. The number of oxime groups is 1. The fourth-order valence-corrected chi connectivity index (χ4v) is 3.08. The first-order valence-corrected chi connectivity index (χ1v) is 11.1. The van der Waals surface area contributed by atoms with E-state index >= 15 is 0 Å². The number of ether oxygens (including phenoxy) is 3. The molecule has 0 saturated carbocycles. The summed E-state index contributed by atoms with van der Waals surface area (Å²) in [5.74, 6) is -0.891. The maximum absolute atomic E-state index is 12.3. The van der Waals surface area contributed by atoms with Crippen LogP contribution < -0.4 is 14.8 Å². The Hall–Kier alpha value is -3.46. The third-order valence-corrected chi connectivity index (χ3v) is 4.84. The molecule has 10 heteroatoms. The number of hydrogen-bond donors (Lipinski definition) is 2. The summed E-state index contributed by atoms with van der Waals surface area (Å²) in [6, 6.07) is 8.56. The largest absolute Gasteiger partial charge is 0.497 e. The number of hydrogen-bond acceptors (Lipinski definition) is 8. The number of anilines is 1. The molecule has 190 valence electrons. The topological polar surface area (TPSA) is 116 Å². The minimum absolute atomic E-state index is 0.333. The van der Waals surface area contributed by atoms with Crippen molar-refractivity contribution in [2.24, 2.45) is 5.16 Å². The van der Waals surface area contributed by atoms with Crippen LogP contribution in [0.1, 0.15) is 51.8 Å². The second kappa shape index (κ2) is 11.3. The van der Waals surface area contributed by atoms with E-state index < -0.39 is 29.2 Å². The summed E-state index contributed by atoms with van der Waals surface area (Å²) in [5, 5.41) is 17.2. The summed E-state index contributed by atoms with van der Waals surface area (Å²) in [5.41, 5.74) is -0.601. The number of carbonyl (C=O) groups excluding carboxylic acids is 1. The van der Waals surface area contributed by atoms with E-state index in [9.17, 15) is 14.7 Å². The second-order valence-electron chi connectivity index (χ2n) is 9.13. The maximum atomic E-state index is 12.3. The van der Waals surface area contributed by atoms with Gasteiger partial charge >= 0.3 is 11.9 Å². The van der Waals surface area contributed by atoms with Crippen LogP contribution in [-0.4, -0.2) is 48.7 Å². The summed E-state index contributed by atoms with van der Waals surface area (Å²) in [6.45, 7) is 8.39. The molecule has 0 saturated heterocycles. The molecule has 2 N–H and O–H groups in total. The SMILES string of the molecule is COc1cc(C=NOC(C)(C)C(=O)OC(C)(C)C)cc(NC(C(=O)O)c2ccc(Cl)cc2OC)c1. The molecule has 1 atom stereocenters. The van der Waals surface area contributed by atoms with E-state index in [-0.39, 0.29) is 0 Å². The summed E-state index contributed by atoms with van der Waals surface area (Å²) in [7, 11) is 2.92. The highest BCUT2D eigenvalue weighted by Gasteiger charge is 2.35. The van der Waals surface area contributed by atoms with Crippen LogP contribution >= 0.6 is 11.6 Å². The van der Waals surface area contributed by atoms with E-state index in [2.05, 4.69) is 10.5 Å². The Morgan fingerprint density at radius 1 is 1.06 bits per heavy atom. The van der Waals surface area contributed by atoms with Crippen molar-refractivity contribution in [3.05, 3.63) is 52.5 Å². The van der Waals surface area contributed by atoms with Crippen LogP contribution in [-0.2, 0) is 19.2 Å². The van der Waals surface area contributed by atoms with E-state index in [0.29, 0.717) is 33.3 Å². The Morgan fingerprint density at radius 3 is 2.31 bits per heavy atom. The Bertz CT molecular complexity index is 1090. The lowest BCUT2D eigenvalue weighted by Gasteiger charge is -2.26. The van der Waals surface area contributed by atoms with Crippen molar-refractivity contribution in [1.82, 2.24) is 0 Å². The number of methoxy groups -OCH3 is 2. The van der Waals surface area contributed by atoms with Gasteiger partial charge in [-0.25, -0.2) is 9.59 Å². The maximum Gasteiger partial charge on any atom is 0.353 e. The van der Waals surface area contributed by atoms with E-state index in [1.807, 2.05) is 0 Å². The van der Waals surface area contributed by atoms with Crippen LogP contribution in [0.15, 0.2) is 41.6 Å². The molecule has 0 amide bonds. The number of nitrogens with one attached hydrogen (secondary N) is 1. The lowest BCUT2D eigenvalue weighted by atomic mass is 10.0. The predicted molar refractivity (Wildman–Crippen MR) is 134 cm³/mol. The van der Waals surface area contributed by atoms with E-state index in [1.165, 1.54) is 20.4 Å². The first kappa shape index (κ1) is 27.8. The van der Waals surface area contributed by atoms with Gasteiger partial charge in [-0.15, -0.1) is 0 Å². The Kier molecular flexibility index (Phi) is 8.98. The number of benzene rings is 2. The van der Waals surface area contributed by atoms with Gasteiger partial charge in [-0.2, -0.15) is 0 Å². The number of halogens is 1. The third-order valence-electron chi connectivity index (χ3n) is 4.60. The molecule has 35 heavy (non-hydrogen) atoms. The second-order valence-corrected chi connectivity index (χ2v) is 9.57. The number of rotatable bonds is 10. The van der Waals surface area contributed by atoms with Gasteiger partial charge in [0, 0.05) is 27.9 Å². The molecule has 0 aliphatic rings. The molecule has 0 spiro atoms. The molecular weight excluding hydrogens is 476 g/mol. The van der Waals surface area contributed by atoms with E-state index in [4.69, 9.17) is 30.6 Å². The minimum atomic E-state index is -1.32. The lowest BCUT2D eigenvalue weighted by Crippen LogP contribution is -2.39. The molecule has 2 aromatic carbocycles. The zero-order valence-electron chi connectivity index (χ0n) is 20.8. The molecule has 0 fully saturated rings. The molecule has 2 aromatic rings. The molecular formula is C25H31ClN2O7. The van der Waals surface area contributed by atoms with Crippen LogP contribution in [0.25, 0.3) is 0 Å². The van der Waals surface area contributed by atoms with Crippen molar-refractivity contribution >= 4 is 35.4 Å². The fraction of sp³-hybridized carbons (Fsp3) is 0.400. The average Bonchev–Trinajstić information content (AvgIpc) is 2.76. The summed E-state index contributed by atoms with van der Waals surface area (Å²) >= 11 is 6.01. The average molecular weight is 507 g/mol. The van der Waals surface area contributed by atoms with Gasteiger partial charge in [-0.3, -0.25) is 0 Å². The number of esters is 1. The summed E-state index contributed by atoms with van der Waals surface area (Å²) < 4.78 is 16.0. The van der Waals surface area contributed by atoms with Gasteiger partial charge in [0.05, 0.1) is 20.4 Å². The molecule has 0 aliphatic heterocycles. The fourth-order valence-electron chi connectivity index (χ4n) is 2.92. The van der Waals surface area contributed by atoms with Gasteiger partial charge in [0.1, 0.15) is 17.1 Å². The van der Waals surface area contributed by atoms with Crippen LogP contribution in [0.5, 0.6) is 11.5 Å². The molecule has 9 nitrogen and oxygen atoms in total. The van der Waals surface area contributed by atoms with Crippen molar-refractivity contribution < 1.29 is 33.7 Å². The number of carbonyl (C=O) groups is 2. The molecule has 0 radical (unpaired) electrons. The van der Waals surface area contributed by atoms with E-state index in [0.717, 1.165) is 0 Å². The zero-order chi connectivity index (χ0) is 26.4. The number of carboxylic acid groups (broad SMARTS) is 1. The van der Waals surface area contributed by atoms with Crippen molar-refractivity contribution in [3.8, 4) is 11.5 Å². The van der Waals surface area contributed by atoms with Crippen molar-refractivity contribution in [1.29, 1.82) is 0 Å². The normalized spacial score (nSPS) is 12.7. The van der Waals surface area contributed by atoms with Crippen LogP contribution in [0.2, 0.25) is 5.02 Å². The molecule has 0 aromatic heterocycles. The Morgan fingerprint density at radius 2 is 1.74 bits per heavy atom. The lowest BCUT2D eigenvalue weighted by molar-refractivity contribution is -0.179. The third kappa shape index (κ3) is 8.06. The Balaban J connectivity index is 2.29. The number of aliphatic carboxylic acids is 1. The van der Waals surface area contributed by atoms with Crippen molar-refractivity contribution in [3.63, 3.8) is 0 Å². The first-order valence-electron chi connectivity index (χ1n) is 10.7. The highest BCUT2D eigenvalue weighted by Crippen LogP contribution is 2.32. The Labute approximate surface area is 210 Å². The van der Waals surface area contributed by atoms with Crippen molar-refractivity contribution in [2.45, 2.75) is 51.9 Å². The quantitative estimate of drug-likeness (QED) is 0.261. The summed E-state index contributed by atoms with van der Waals surface area (Å²) in [6.07, 6.45) is 1.39. The minimum Gasteiger partial charge on any atom is -0.497 e. The van der Waals surface area contributed by atoms with Gasteiger partial charge in [0.2, 0.25) is 5.60 Å². The summed E-state index contributed by atoms with van der Waals surface area (Å²) in [4.78, 5) is 29.8. The van der Waals surface area contributed by atoms with Gasteiger partial charge in [-0.1, -0.05) is 22.8 Å². The van der Waals surface area contributed by atoms with Crippen LogP contribution in [0, 0.1) is 0 Å². The van der Waals surface area contributed by atoms with Gasteiger partial charge in [0.25, 0.3) is 0 Å². The highest BCUT2D eigenvalue weighted by molar-refractivity contribution is 6.30. The van der Waals surface area contributed by atoms with Gasteiger partial charge < -0.3 is 29.5 Å². The molecule has 1 unspecified atom stereocenters. The number of carboxylic acids is 1. The predicted octanol–water partition coefficient (Wildman–Crippen LogP) is 5.07. The van der Waals surface area contributed by atoms with Crippen molar-refractivity contribution in [2.75, 3.05) is 19.5 Å². The van der Waals surface area contributed by atoms with E-state index in [1.54, 1.807) is 71.0 Å². The van der Waals surface area contributed by atoms with Crippen LogP contribution in [0.4, 0.5) is 5.69 Å². The monoisotopic (exact) mass is 506 g/mol. The standard InChI is InChI=1S/C25H31ClN2O7/c1-24(2,3)34-23(31)25(4,5)35-27-14-15-10-17(13-18(11-15)32-6)28-21(22(29)30)19-9-8-16(26)12-20(19)33-7/h8-14,21,28H,1-7H3,(H,29,30). The van der Waals surface area contributed by atoms with Gasteiger partial charge in [0.15, 0.2) is 6.04 Å². The molecule has 0 bridgehead atoms.